The summed E-state index contributed by atoms with van der Waals surface area (Å²) in [5.74, 6) is 2.31. The SMILES string of the molecule is Cc1nnc(C2CCN(C)C2)c(N2CCNCC2)n1. The van der Waals surface area contributed by atoms with Crippen LogP contribution >= 0.6 is 0 Å². The largest absolute Gasteiger partial charge is 0.352 e. The zero-order valence-corrected chi connectivity index (χ0v) is 11.8. The van der Waals surface area contributed by atoms with Gasteiger partial charge in [0.15, 0.2) is 5.82 Å². The van der Waals surface area contributed by atoms with Gasteiger partial charge < -0.3 is 15.1 Å². The summed E-state index contributed by atoms with van der Waals surface area (Å²) < 4.78 is 0. The van der Waals surface area contributed by atoms with Gasteiger partial charge in [-0.05, 0) is 26.9 Å². The van der Waals surface area contributed by atoms with E-state index in [9.17, 15) is 0 Å². The zero-order valence-electron chi connectivity index (χ0n) is 11.8. The molecule has 2 aliphatic heterocycles. The lowest BCUT2D eigenvalue weighted by Crippen LogP contribution is -2.44. The molecule has 0 amide bonds. The minimum absolute atomic E-state index is 0.482. The fourth-order valence-corrected chi connectivity index (χ4v) is 2.94. The highest BCUT2D eigenvalue weighted by Crippen LogP contribution is 2.30. The molecule has 1 unspecified atom stereocenters. The normalized spacial score (nSPS) is 24.9. The van der Waals surface area contributed by atoms with E-state index in [1.165, 1.54) is 0 Å². The lowest BCUT2D eigenvalue weighted by Gasteiger charge is -2.30. The van der Waals surface area contributed by atoms with Crippen LogP contribution in [0.4, 0.5) is 5.82 Å². The molecule has 1 N–H and O–H groups in total. The van der Waals surface area contributed by atoms with Crippen LogP contribution in [0.3, 0.4) is 0 Å². The van der Waals surface area contributed by atoms with E-state index in [1.807, 2.05) is 6.92 Å². The number of hydrogen-bond donors (Lipinski definition) is 1. The maximum Gasteiger partial charge on any atom is 0.154 e. The van der Waals surface area contributed by atoms with Crippen molar-refractivity contribution in [2.45, 2.75) is 19.3 Å². The van der Waals surface area contributed by atoms with Gasteiger partial charge in [0.1, 0.15) is 11.5 Å². The Morgan fingerprint density at radius 2 is 1.95 bits per heavy atom. The van der Waals surface area contributed by atoms with Crippen molar-refractivity contribution in [1.82, 2.24) is 25.4 Å². The average Bonchev–Trinajstić information content (AvgIpc) is 2.86. The molecule has 2 fully saturated rings. The standard InChI is InChI=1S/C13H22N6/c1-10-15-13(19-7-4-14-5-8-19)12(17-16-10)11-3-6-18(2)9-11/h11,14H,3-9H2,1-2H3. The van der Waals surface area contributed by atoms with E-state index < -0.39 is 0 Å². The molecule has 0 saturated carbocycles. The molecule has 3 rings (SSSR count). The molecule has 2 saturated heterocycles. The fourth-order valence-electron chi connectivity index (χ4n) is 2.94. The van der Waals surface area contributed by atoms with E-state index in [0.717, 1.165) is 63.0 Å². The fraction of sp³-hybridized carbons (Fsp3) is 0.769. The zero-order chi connectivity index (χ0) is 13.2. The molecule has 19 heavy (non-hydrogen) atoms. The van der Waals surface area contributed by atoms with E-state index in [0.29, 0.717) is 5.92 Å². The molecule has 1 aromatic rings. The van der Waals surface area contributed by atoms with Crippen molar-refractivity contribution >= 4 is 5.82 Å². The molecule has 2 aliphatic rings. The van der Waals surface area contributed by atoms with E-state index in [2.05, 4.69) is 37.3 Å². The van der Waals surface area contributed by atoms with Crippen molar-refractivity contribution in [2.75, 3.05) is 51.2 Å². The van der Waals surface area contributed by atoms with Crippen molar-refractivity contribution in [3.05, 3.63) is 11.5 Å². The molecule has 6 nitrogen and oxygen atoms in total. The van der Waals surface area contributed by atoms with Crippen LogP contribution in [0.25, 0.3) is 0 Å². The van der Waals surface area contributed by atoms with Gasteiger partial charge in [-0.2, -0.15) is 0 Å². The Morgan fingerprint density at radius 1 is 1.16 bits per heavy atom. The minimum Gasteiger partial charge on any atom is -0.352 e. The first kappa shape index (κ1) is 12.7. The molecule has 0 spiro atoms. The maximum absolute atomic E-state index is 4.67. The first-order valence-corrected chi connectivity index (χ1v) is 7.09. The molecule has 1 atom stereocenters. The van der Waals surface area contributed by atoms with Crippen LogP contribution in [-0.2, 0) is 0 Å². The van der Waals surface area contributed by atoms with Gasteiger partial charge >= 0.3 is 0 Å². The van der Waals surface area contributed by atoms with Crippen LogP contribution in [0, 0.1) is 6.92 Å². The first-order valence-electron chi connectivity index (χ1n) is 7.09. The van der Waals surface area contributed by atoms with Crippen LogP contribution in [-0.4, -0.2) is 66.4 Å². The highest BCUT2D eigenvalue weighted by molar-refractivity contribution is 5.45. The van der Waals surface area contributed by atoms with Crippen LogP contribution < -0.4 is 10.2 Å². The summed E-state index contributed by atoms with van der Waals surface area (Å²) >= 11 is 0. The summed E-state index contributed by atoms with van der Waals surface area (Å²) in [7, 11) is 2.17. The number of nitrogens with one attached hydrogen (secondary N) is 1. The number of piperazine rings is 1. The molecule has 0 aromatic carbocycles. The van der Waals surface area contributed by atoms with E-state index in [1.54, 1.807) is 0 Å². The van der Waals surface area contributed by atoms with Crippen molar-refractivity contribution in [3.63, 3.8) is 0 Å². The van der Waals surface area contributed by atoms with Gasteiger partial charge in [0, 0.05) is 38.6 Å². The molecule has 0 bridgehead atoms. The number of anilines is 1. The van der Waals surface area contributed by atoms with E-state index in [-0.39, 0.29) is 0 Å². The highest BCUT2D eigenvalue weighted by Gasteiger charge is 2.28. The molecule has 1 aromatic heterocycles. The van der Waals surface area contributed by atoms with Crippen LogP contribution in [0.15, 0.2) is 0 Å². The molecular formula is C13H22N6. The Morgan fingerprint density at radius 3 is 2.63 bits per heavy atom. The maximum atomic E-state index is 4.67. The number of likely N-dealkylation sites (N-methyl/N-ethyl adjacent to an activating group) is 1. The predicted molar refractivity (Wildman–Crippen MR) is 74.5 cm³/mol. The van der Waals surface area contributed by atoms with Crippen LogP contribution in [0.2, 0.25) is 0 Å². The monoisotopic (exact) mass is 262 g/mol. The second-order valence-corrected chi connectivity index (χ2v) is 5.55. The van der Waals surface area contributed by atoms with Gasteiger partial charge in [0.2, 0.25) is 0 Å². The molecular weight excluding hydrogens is 240 g/mol. The summed E-state index contributed by atoms with van der Waals surface area (Å²) in [6.45, 7) is 8.19. The Kier molecular flexibility index (Phi) is 3.61. The number of aromatic nitrogens is 3. The Balaban J connectivity index is 1.89. The summed E-state index contributed by atoms with van der Waals surface area (Å²) in [5, 5.41) is 12.0. The van der Waals surface area contributed by atoms with Gasteiger partial charge in [-0.3, -0.25) is 0 Å². The number of rotatable bonds is 2. The second kappa shape index (κ2) is 5.38. The number of nitrogens with zero attached hydrogens (tertiary/aromatic N) is 5. The third kappa shape index (κ3) is 2.69. The van der Waals surface area contributed by atoms with Crippen molar-refractivity contribution in [3.8, 4) is 0 Å². The Hall–Kier alpha value is -1.27. The number of hydrogen-bond acceptors (Lipinski definition) is 6. The van der Waals surface area contributed by atoms with E-state index >= 15 is 0 Å². The number of likely N-dealkylation sites (tertiary alicyclic amines) is 1. The molecule has 3 heterocycles. The smallest absolute Gasteiger partial charge is 0.154 e. The first-order chi connectivity index (χ1) is 9.24. The summed E-state index contributed by atoms with van der Waals surface area (Å²) in [4.78, 5) is 9.38. The van der Waals surface area contributed by atoms with Crippen molar-refractivity contribution in [1.29, 1.82) is 0 Å². The topological polar surface area (TPSA) is 57.2 Å². The van der Waals surface area contributed by atoms with Gasteiger partial charge in [-0.1, -0.05) is 0 Å². The molecule has 6 heteroatoms. The third-order valence-corrected chi connectivity index (χ3v) is 3.99. The quantitative estimate of drug-likeness (QED) is 0.810. The number of aryl methyl sites for hydroxylation is 1. The van der Waals surface area contributed by atoms with Gasteiger partial charge in [0.05, 0.1) is 0 Å². The van der Waals surface area contributed by atoms with Crippen molar-refractivity contribution < 1.29 is 0 Å². The highest BCUT2D eigenvalue weighted by atomic mass is 15.3. The van der Waals surface area contributed by atoms with E-state index in [4.69, 9.17) is 0 Å². The average molecular weight is 262 g/mol. The summed E-state index contributed by atoms with van der Waals surface area (Å²) in [6.07, 6.45) is 1.16. The Labute approximate surface area is 114 Å². The molecule has 104 valence electrons. The summed E-state index contributed by atoms with van der Waals surface area (Å²) in [6, 6.07) is 0. The predicted octanol–water partition coefficient (Wildman–Crippen LogP) is 0.00872. The van der Waals surface area contributed by atoms with Crippen molar-refractivity contribution in [2.24, 2.45) is 0 Å². The van der Waals surface area contributed by atoms with Crippen LogP contribution in [0.5, 0.6) is 0 Å². The van der Waals surface area contributed by atoms with Crippen LogP contribution in [0.1, 0.15) is 23.9 Å². The summed E-state index contributed by atoms with van der Waals surface area (Å²) in [5.41, 5.74) is 1.09. The van der Waals surface area contributed by atoms with Gasteiger partial charge in [-0.25, -0.2) is 4.98 Å². The lowest BCUT2D eigenvalue weighted by molar-refractivity contribution is 0.410. The van der Waals surface area contributed by atoms with Gasteiger partial charge in [0.25, 0.3) is 0 Å². The molecule has 0 aliphatic carbocycles. The minimum atomic E-state index is 0.482. The second-order valence-electron chi connectivity index (χ2n) is 5.55. The van der Waals surface area contributed by atoms with Gasteiger partial charge in [-0.15, -0.1) is 10.2 Å². The Bertz CT molecular complexity index is 443. The lowest BCUT2D eigenvalue weighted by atomic mass is 10.0. The molecule has 0 radical (unpaired) electrons. The third-order valence-electron chi connectivity index (χ3n) is 3.99.